The van der Waals surface area contributed by atoms with Crippen LogP contribution < -0.4 is 10.6 Å². The molecule has 2 aromatic carbocycles. The Bertz CT molecular complexity index is 645. The van der Waals surface area contributed by atoms with E-state index in [9.17, 15) is 13.6 Å². The second kappa shape index (κ2) is 6.07. The van der Waals surface area contributed by atoms with Gasteiger partial charge in [0.2, 0.25) is 0 Å². The van der Waals surface area contributed by atoms with E-state index in [4.69, 9.17) is 23.2 Å². The molecule has 3 nitrogen and oxygen atoms in total. The van der Waals surface area contributed by atoms with E-state index >= 15 is 0 Å². The Balaban J connectivity index is 2.16. The van der Waals surface area contributed by atoms with Crippen molar-refractivity contribution in [2.45, 2.75) is 0 Å². The van der Waals surface area contributed by atoms with Crippen LogP contribution in [0.2, 0.25) is 10.0 Å². The van der Waals surface area contributed by atoms with Gasteiger partial charge in [-0.25, -0.2) is 13.6 Å². The first-order valence-electron chi connectivity index (χ1n) is 5.45. The predicted octanol–water partition coefficient (Wildman–Crippen LogP) is 4.92. The molecule has 0 bridgehead atoms. The summed E-state index contributed by atoms with van der Waals surface area (Å²) < 4.78 is 26.7. The SMILES string of the molecule is O=C(Nc1cccc(Cl)c1Cl)Nc1c(F)cccc1F. The number of carbonyl (C=O) groups is 1. The highest BCUT2D eigenvalue weighted by Crippen LogP contribution is 2.29. The zero-order valence-corrected chi connectivity index (χ0v) is 11.4. The van der Waals surface area contributed by atoms with E-state index in [1.54, 1.807) is 12.1 Å². The molecule has 0 aliphatic heterocycles. The van der Waals surface area contributed by atoms with Crippen LogP contribution in [0.5, 0.6) is 0 Å². The van der Waals surface area contributed by atoms with E-state index in [2.05, 4.69) is 10.6 Å². The first-order chi connectivity index (χ1) is 9.49. The van der Waals surface area contributed by atoms with Crippen LogP contribution in [0.15, 0.2) is 36.4 Å². The maximum atomic E-state index is 13.4. The minimum absolute atomic E-state index is 0.137. The number of hydrogen-bond donors (Lipinski definition) is 2. The van der Waals surface area contributed by atoms with Crippen molar-refractivity contribution in [2.24, 2.45) is 0 Å². The molecule has 0 spiro atoms. The molecule has 0 fully saturated rings. The number of carbonyl (C=O) groups excluding carboxylic acids is 1. The predicted molar refractivity (Wildman–Crippen MR) is 75.5 cm³/mol. The average Bonchev–Trinajstić information content (AvgIpc) is 2.39. The van der Waals surface area contributed by atoms with Crippen LogP contribution in [0.3, 0.4) is 0 Å². The highest BCUT2D eigenvalue weighted by atomic mass is 35.5. The molecule has 0 radical (unpaired) electrons. The van der Waals surface area contributed by atoms with Crippen molar-refractivity contribution < 1.29 is 13.6 Å². The van der Waals surface area contributed by atoms with E-state index in [1.165, 1.54) is 12.1 Å². The molecule has 2 amide bonds. The summed E-state index contributed by atoms with van der Waals surface area (Å²) in [7, 11) is 0. The summed E-state index contributed by atoms with van der Waals surface area (Å²) in [5.41, 5.74) is -0.309. The molecule has 0 unspecified atom stereocenters. The number of rotatable bonds is 2. The number of urea groups is 1. The Kier molecular flexibility index (Phi) is 4.42. The Labute approximate surface area is 123 Å². The fraction of sp³-hybridized carbons (Fsp3) is 0. The van der Waals surface area contributed by atoms with Crippen molar-refractivity contribution in [1.29, 1.82) is 0 Å². The van der Waals surface area contributed by atoms with Gasteiger partial charge in [-0.15, -0.1) is 0 Å². The maximum Gasteiger partial charge on any atom is 0.323 e. The molecular formula is C13H8Cl2F2N2O. The van der Waals surface area contributed by atoms with Crippen molar-refractivity contribution in [3.05, 3.63) is 58.1 Å². The van der Waals surface area contributed by atoms with Crippen LogP contribution >= 0.6 is 23.2 Å². The normalized spacial score (nSPS) is 10.2. The lowest BCUT2D eigenvalue weighted by Gasteiger charge is -2.10. The van der Waals surface area contributed by atoms with Crippen LogP contribution in [0.1, 0.15) is 0 Å². The molecule has 0 saturated carbocycles. The standard InChI is InChI=1S/C13H8Cl2F2N2O/c14-7-3-1-6-10(11(7)15)18-13(20)19-12-8(16)4-2-5-9(12)17/h1-6H,(H2,18,19,20). The third-order valence-corrected chi connectivity index (χ3v) is 3.22. The Morgan fingerprint density at radius 1 is 0.950 bits per heavy atom. The summed E-state index contributed by atoms with van der Waals surface area (Å²) in [5, 5.41) is 4.81. The second-order valence-corrected chi connectivity index (χ2v) is 4.56. The number of halogens is 4. The monoisotopic (exact) mass is 316 g/mol. The minimum atomic E-state index is -0.877. The van der Waals surface area contributed by atoms with Gasteiger partial charge in [0.05, 0.1) is 15.7 Å². The van der Waals surface area contributed by atoms with E-state index in [1.807, 2.05) is 0 Å². The Morgan fingerprint density at radius 2 is 1.55 bits per heavy atom. The molecule has 2 N–H and O–H groups in total. The zero-order chi connectivity index (χ0) is 14.7. The van der Waals surface area contributed by atoms with Gasteiger partial charge in [0, 0.05) is 0 Å². The molecule has 104 valence electrons. The first kappa shape index (κ1) is 14.6. The largest absolute Gasteiger partial charge is 0.323 e. The van der Waals surface area contributed by atoms with Gasteiger partial charge in [0.1, 0.15) is 17.3 Å². The van der Waals surface area contributed by atoms with Crippen LogP contribution in [0.25, 0.3) is 0 Å². The van der Waals surface area contributed by atoms with Gasteiger partial charge in [-0.3, -0.25) is 0 Å². The number of hydrogen-bond acceptors (Lipinski definition) is 1. The lowest BCUT2D eigenvalue weighted by atomic mass is 10.3. The average molecular weight is 317 g/mol. The number of amides is 2. The number of para-hydroxylation sites is 1. The maximum absolute atomic E-state index is 13.4. The lowest BCUT2D eigenvalue weighted by Crippen LogP contribution is -2.21. The van der Waals surface area contributed by atoms with Gasteiger partial charge in [-0.05, 0) is 24.3 Å². The first-order valence-corrected chi connectivity index (χ1v) is 6.20. The second-order valence-electron chi connectivity index (χ2n) is 3.78. The molecule has 0 heterocycles. The minimum Gasteiger partial charge on any atom is -0.306 e. The van der Waals surface area contributed by atoms with Gasteiger partial charge in [-0.2, -0.15) is 0 Å². The summed E-state index contributed by atoms with van der Waals surface area (Å²) in [6.45, 7) is 0. The molecule has 0 saturated heterocycles. The molecule has 0 aliphatic rings. The van der Waals surface area contributed by atoms with E-state index < -0.39 is 23.4 Å². The summed E-state index contributed by atoms with van der Waals surface area (Å²) in [6.07, 6.45) is 0. The van der Waals surface area contributed by atoms with Crippen LogP contribution in [-0.2, 0) is 0 Å². The highest BCUT2D eigenvalue weighted by Gasteiger charge is 2.13. The fourth-order valence-electron chi connectivity index (χ4n) is 1.48. The molecule has 0 aliphatic carbocycles. The molecule has 20 heavy (non-hydrogen) atoms. The summed E-state index contributed by atoms with van der Waals surface area (Å²) in [6, 6.07) is 7.05. The van der Waals surface area contributed by atoms with Crippen LogP contribution in [0, 0.1) is 11.6 Å². The molecule has 7 heteroatoms. The van der Waals surface area contributed by atoms with Gasteiger partial charge < -0.3 is 10.6 Å². The van der Waals surface area contributed by atoms with E-state index in [0.717, 1.165) is 12.1 Å². The topological polar surface area (TPSA) is 41.1 Å². The van der Waals surface area contributed by atoms with Gasteiger partial charge in [0.25, 0.3) is 0 Å². The number of anilines is 2. The van der Waals surface area contributed by atoms with Crippen molar-refractivity contribution in [2.75, 3.05) is 10.6 Å². The fourth-order valence-corrected chi connectivity index (χ4v) is 1.83. The van der Waals surface area contributed by atoms with Gasteiger partial charge >= 0.3 is 6.03 Å². The smallest absolute Gasteiger partial charge is 0.306 e. The van der Waals surface area contributed by atoms with Crippen molar-refractivity contribution >= 4 is 40.6 Å². The zero-order valence-electron chi connectivity index (χ0n) is 9.88. The van der Waals surface area contributed by atoms with Gasteiger partial charge in [0.15, 0.2) is 0 Å². The third-order valence-electron chi connectivity index (χ3n) is 2.40. The van der Waals surface area contributed by atoms with E-state index in [0.29, 0.717) is 0 Å². The lowest BCUT2D eigenvalue weighted by molar-refractivity contribution is 0.262. The summed E-state index contributed by atoms with van der Waals surface area (Å²) >= 11 is 11.7. The summed E-state index contributed by atoms with van der Waals surface area (Å²) in [5.74, 6) is -1.75. The molecular weight excluding hydrogens is 309 g/mol. The number of benzene rings is 2. The Hall–Kier alpha value is -1.85. The van der Waals surface area contributed by atoms with Crippen molar-refractivity contribution in [1.82, 2.24) is 0 Å². The number of nitrogens with one attached hydrogen (secondary N) is 2. The molecule has 0 aromatic heterocycles. The van der Waals surface area contributed by atoms with Crippen LogP contribution in [0.4, 0.5) is 25.0 Å². The molecule has 2 aromatic rings. The molecule has 2 rings (SSSR count). The molecule has 0 atom stereocenters. The van der Waals surface area contributed by atoms with Crippen LogP contribution in [-0.4, -0.2) is 6.03 Å². The quantitative estimate of drug-likeness (QED) is 0.811. The summed E-state index contributed by atoms with van der Waals surface area (Å²) in [4.78, 5) is 11.7. The third kappa shape index (κ3) is 3.18. The van der Waals surface area contributed by atoms with E-state index in [-0.39, 0.29) is 15.7 Å². The Morgan fingerprint density at radius 3 is 2.20 bits per heavy atom. The van der Waals surface area contributed by atoms with Gasteiger partial charge in [-0.1, -0.05) is 35.3 Å². The van der Waals surface area contributed by atoms with Crippen molar-refractivity contribution in [3.63, 3.8) is 0 Å². The van der Waals surface area contributed by atoms with Crippen molar-refractivity contribution in [3.8, 4) is 0 Å². The highest BCUT2D eigenvalue weighted by molar-refractivity contribution is 6.44.